The summed E-state index contributed by atoms with van der Waals surface area (Å²) in [6.45, 7) is 12.8. The van der Waals surface area contributed by atoms with Crippen molar-refractivity contribution in [2.75, 3.05) is 84.1 Å². The first-order valence-corrected chi connectivity index (χ1v) is 23.5. The first-order chi connectivity index (χ1) is 28.8. The SMILES string of the molecule is COCCOCC[N+](CCOCCOC)=c1ccc2c(C(C)(C)C)cc(/C=C/C=C3/N(CCCCCC(=O)O)c4ccc(S(=O)(=O)[O-])cc4C3(C)CCCS(=O)(=O)O)oc-2c1.[Na+]. The number of unbranched alkanes of at least 4 members (excludes halogenated alkanes) is 2. The molecule has 0 bridgehead atoms. The molecule has 3 aliphatic rings. The smallest absolute Gasteiger partial charge is 0.744 e. The first-order valence-electron chi connectivity index (χ1n) is 20.5. The molecule has 1 unspecified atom stereocenters. The molecule has 1 aliphatic carbocycles. The normalized spacial score (nSPS) is 16.3. The van der Waals surface area contributed by atoms with Crippen LogP contribution in [0.25, 0.3) is 17.4 Å². The topological polar surface area (TPSA) is 205 Å². The van der Waals surface area contributed by atoms with E-state index in [1.807, 2.05) is 42.2 Å². The number of fused-ring (bicyclic) bond motifs is 2. The number of anilines is 1. The van der Waals surface area contributed by atoms with Crippen LogP contribution in [-0.2, 0) is 54.8 Å². The maximum atomic E-state index is 12.2. The van der Waals surface area contributed by atoms with Crippen molar-refractivity contribution in [3.05, 3.63) is 82.6 Å². The maximum Gasteiger partial charge on any atom is 1.00 e. The van der Waals surface area contributed by atoms with Crippen molar-refractivity contribution in [3.63, 3.8) is 0 Å². The van der Waals surface area contributed by atoms with Gasteiger partial charge in [-0.1, -0.05) is 33.3 Å². The van der Waals surface area contributed by atoms with Crippen molar-refractivity contribution in [3.8, 4) is 11.3 Å². The Morgan fingerprint density at radius 3 is 2.15 bits per heavy atom. The number of hydrogen-bond acceptors (Lipinski definition) is 12. The van der Waals surface area contributed by atoms with Crippen LogP contribution >= 0.6 is 0 Å². The molecule has 4 rings (SSSR count). The van der Waals surface area contributed by atoms with Gasteiger partial charge in [0, 0.05) is 55.6 Å². The second-order valence-electron chi connectivity index (χ2n) is 16.3. The fourth-order valence-corrected chi connectivity index (χ4v) is 8.56. The summed E-state index contributed by atoms with van der Waals surface area (Å²) in [5, 5.41) is 10.1. The summed E-state index contributed by atoms with van der Waals surface area (Å²) in [6.07, 6.45) is 7.48. The Morgan fingerprint density at radius 1 is 0.903 bits per heavy atom. The summed E-state index contributed by atoms with van der Waals surface area (Å²) in [4.78, 5) is 12.8. The number of rotatable bonds is 25. The van der Waals surface area contributed by atoms with Crippen LogP contribution in [0, 0.1) is 0 Å². The number of carboxylic acids is 1. The molecule has 1 aromatic carbocycles. The molecule has 1 atom stereocenters. The van der Waals surface area contributed by atoms with Gasteiger partial charge in [0.05, 0.1) is 43.1 Å². The van der Waals surface area contributed by atoms with Crippen LogP contribution in [0.3, 0.4) is 0 Å². The second kappa shape index (κ2) is 24.4. The molecule has 338 valence electrons. The van der Waals surface area contributed by atoms with Gasteiger partial charge in [0.25, 0.3) is 10.1 Å². The zero-order valence-corrected chi connectivity index (χ0v) is 40.8. The molecular weight excluding hydrogens is 852 g/mol. The molecule has 0 saturated heterocycles. The number of hydrogen-bond donors (Lipinski definition) is 2. The van der Waals surface area contributed by atoms with Gasteiger partial charge in [0.1, 0.15) is 34.9 Å². The fraction of sp³-hybridized carbons (Fsp3) is 0.545. The van der Waals surface area contributed by atoms with Crippen molar-refractivity contribution in [1.82, 2.24) is 4.58 Å². The van der Waals surface area contributed by atoms with Crippen LogP contribution in [0.2, 0.25) is 0 Å². The molecule has 18 heteroatoms. The van der Waals surface area contributed by atoms with Crippen LogP contribution in [-0.4, -0.2) is 116 Å². The summed E-state index contributed by atoms with van der Waals surface area (Å²) < 4.78 is 100. The van der Waals surface area contributed by atoms with Gasteiger partial charge in [0.15, 0.2) is 13.1 Å². The van der Waals surface area contributed by atoms with E-state index in [4.69, 9.17) is 28.5 Å². The van der Waals surface area contributed by atoms with Gasteiger partial charge in [-0.05, 0) is 91.6 Å². The van der Waals surface area contributed by atoms with E-state index in [2.05, 4.69) is 37.5 Å². The van der Waals surface area contributed by atoms with Crippen LogP contribution in [0.15, 0.2) is 69.6 Å². The van der Waals surface area contributed by atoms with Gasteiger partial charge in [-0.3, -0.25) is 9.35 Å². The Balaban J connectivity index is 0.0000102. The van der Waals surface area contributed by atoms with Crippen LogP contribution in [0.5, 0.6) is 0 Å². The number of benzene rings is 2. The number of aliphatic carboxylic acids is 1. The largest absolute Gasteiger partial charge is 1.00 e. The van der Waals surface area contributed by atoms with Gasteiger partial charge in [-0.15, -0.1) is 0 Å². The third-order valence-corrected chi connectivity index (χ3v) is 12.3. The molecule has 0 saturated carbocycles. The quantitative estimate of drug-likeness (QED) is 0.0543. The van der Waals surface area contributed by atoms with Gasteiger partial charge < -0.3 is 37.9 Å². The Labute approximate surface area is 388 Å². The number of allylic oxidation sites excluding steroid dienone is 3. The summed E-state index contributed by atoms with van der Waals surface area (Å²) in [6, 6.07) is 12.3. The molecule has 62 heavy (non-hydrogen) atoms. The summed E-state index contributed by atoms with van der Waals surface area (Å²) >= 11 is 0. The van der Waals surface area contributed by atoms with Gasteiger partial charge >= 0.3 is 35.5 Å². The minimum absolute atomic E-state index is 0. The average molecular weight is 914 g/mol. The summed E-state index contributed by atoms with van der Waals surface area (Å²) in [5.41, 5.74) is 2.65. The molecule has 2 aliphatic heterocycles. The molecular formula is C44H62N2NaO13S2+. The Kier molecular flexibility index (Phi) is 21.0. The third kappa shape index (κ3) is 15.6. The van der Waals surface area contributed by atoms with Crippen LogP contribution in [0.1, 0.15) is 83.1 Å². The van der Waals surface area contributed by atoms with E-state index in [0.717, 1.165) is 16.5 Å². The predicted octanol–water partition coefficient (Wildman–Crippen LogP) is 2.68. The molecule has 0 aromatic heterocycles. The van der Waals surface area contributed by atoms with Crippen LogP contribution in [0.4, 0.5) is 5.69 Å². The Hall–Kier alpha value is -2.94. The molecule has 0 amide bonds. The Morgan fingerprint density at radius 2 is 1.56 bits per heavy atom. The molecule has 0 fully saturated rings. The van der Waals surface area contributed by atoms with Gasteiger partial charge in [0.2, 0.25) is 5.36 Å². The van der Waals surface area contributed by atoms with Crippen LogP contribution < -0.4 is 44.4 Å². The minimum atomic E-state index is -4.83. The van der Waals surface area contributed by atoms with E-state index in [9.17, 15) is 30.7 Å². The molecule has 0 spiro atoms. The molecule has 0 radical (unpaired) electrons. The average Bonchev–Trinajstić information content (AvgIpc) is 3.40. The van der Waals surface area contributed by atoms with Crippen molar-refractivity contribution >= 4 is 38.0 Å². The zero-order valence-electron chi connectivity index (χ0n) is 37.2. The number of nitrogens with zero attached hydrogens (tertiary/aromatic N) is 2. The van der Waals surface area contributed by atoms with E-state index >= 15 is 0 Å². The van der Waals surface area contributed by atoms with Crippen molar-refractivity contribution < 1.29 is 88.8 Å². The molecule has 2 N–H and O–H groups in total. The van der Waals surface area contributed by atoms with E-state index < -0.39 is 42.3 Å². The van der Waals surface area contributed by atoms with E-state index in [0.29, 0.717) is 107 Å². The first kappa shape index (κ1) is 53.4. The van der Waals surface area contributed by atoms with Crippen molar-refractivity contribution in [1.29, 1.82) is 0 Å². The van der Waals surface area contributed by atoms with Crippen molar-refractivity contribution in [2.45, 2.75) is 81.9 Å². The number of ether oxygens (including phenoxy) is 4. The predicted molar refractivity (Wildman–Crippen MR) is 232 cm³/mol. The second-order valence-corrected chi connectivity index (χ2v) is 19.3. The van der Waals surface area contributed by atoms with Gasteiger partial charge in [-0.25, -0.2) is 13.0 Å². The summed E-state index contributed by atoms with van der Waals surface area (Å²) in [5.74, 6) is -0.167. The Bertz CT molecular complexity index is 2250. The standard InChI is InChI=1S/C44H62N2O13S2.Na/c1-43(2,3)37-31-34(59-40-30-33(15-17-36(37)40)45(21-23-57-27-25-55-5)22-24-58-28-26-56-6)12-10-13-41-44(4,19-11-29-60(49,50)51)38-32-35(61(52,53)54)16-18-39(38)46(41)20-9-7-8-14-42(47)48;/h10,12-13,15-18,30-32H,7-9,11,14,19-29H2,1-6H3,(H2-,47,48,49,50,51,52,53,54);/q;+1. The number of carbonyl (C=O) groups is 1. The van der Waals surface area contributed by atoms with E-state index in [-0.39, 0.29) is 54.2 Å². The third-order valence-electron chi connectivity index (χ3n) is 10.7. The zero-order chi connectivity index (χ0) is 44.8. The molecule has 2 heterocycles. The monoisotopic (exact) mass is 913 g/mol. The van der Waals surface area contributed by atoms with Gasteiger partial charge in [-0.2, -0.15) is 8.42 Å². The summed E-state index contributed by atoms with van der Waals surface area (Å²) in [7, 11) is -5.87. The molecule has 15 nitrogen and oxygen atoms in total. The van der Waals surface area contributed by atoms with Crippen molar-refractivity contribution in [2.24, 2.45) is 0 Å². The van der Waals surface area contributed by atoms with E-state index in [1.165, 1.54) is 12.1 Å². The maximum absolute atomic E-state index is 12.2. The number of carboxylic acid groups (broad SMARTS) is 1. The molecule has 1 aromatic rings. The minimum Gasteiger partial charge on any atom is -0.744 e. The fourth-order valence-electron chi connectivity index (χ4n) is 7.56. The number of methoxy groups -OCH3 is 2. The van der Waals surface area contributed by atoms with E-state index in [1.54, 1.807) is 20.3 Å².